The van der Waals surface area contributed by atoms with E-state index in [1.165, 1.54) is 0 Å². The van der Waals surface area contributed by atoms with Gasteiger partial charge in [0.2, 0.25) is 0 Å². The second kappa shape index (κ2) is 8.01. The minimum atomic E-state index is -0.287. The maximum Gasteiger partial charge on any atom is 0.273 e. The molecule has 3 aromatic heterocycles. The summed E-state index contributed by atoms with van der Waals surface area (Å²) in [5.74, 6) is 0.443. The zero-order valence-corrected chi connectivity index (χ0v) is 16.2. The van der Waals surface area contributed by atoms with Gasteiger partial charge in [-0.3, -0.25) is 19.3 Å². The third-order valence-electron chi connectivity index (χ3n) is 4.43. The number of aromatic nitrogens is 6. The van der Waals surface area contributed by atoms with Gasteiger partial charge >= 0.3 is 0 Å². The number of anilines is 1. The van der Waals surface area contributed by atoms with Gasteiger partial charge in [0.15, 0.2) is 0 Å². The van der Waals surface area contributed by atoms with Gasteiger partial charge in [0.25, 0.3) is 5.91 Å². The molecule has 0 fully saturated rings. The van der Waals surface area contributed by atoms with Crippen LogP contribution < -0.4 is 10.1 Å². The molecule has 4 aromatic rings. The second-order valence-electron chi connectivity index (χ2n) is 6.48. The van der Waals surface area contributed by atoms with Gasteiger partial charge in [0, 0.05) is 30.1 Å². The Morgan fingerprint density at radius 1 is 1.17 bits per heavy atom. The topological polar surface area (TPSA) is 103 Å². The van der Waals surface area contributed by atoms with Crippen LogP contribution in [0, 0.1) is 0 Å². The Kier molecular flexibility index (Phi) is 5.10. The van der Waals surface area contributed by atoms with Crippen molar-refractivity contribution in [1.29, 1.82) is 0 Å². The van der Waals surface area contributed by atoms with Crippen LogP contribution in [0.4, 0.5) is 5.69 Å². The number of hydrogen-bond donors (Lipinski definition) is 2. The molecule has 3 heterocycles. The lowest BCUT2D eigenvalue weighted by Crippen LogP contribution is -2.11. The van der Waals surface area contributed by atoms with Crippen molar-refractivity contribution < 1.29 is 9.53 Å². The fourth-order valence-corrected chi connectivity index (χ4v) is 2.93. The van der Waals surface area contributed by atoms with Gasteiger partial charge in [0.05, 0.1) is 37.4 Å². The lowest BCUT2D eigenvalue weighted by atomic mass is 10.1. The number of hydrogen-bond acceptors (Lipinski definition) is 5. The molecule has 148 valence electrons. The quantitative estimate of drug-likeness (QED) is 0.504. The van der Waals surface area contributed by atoms with Gasteiger partial charge < -0.3 is 10.1 Å². The number of benzene rings is 1. The van der Waals surface area contributed by atoms with Crippen LogP contribution in [0.3, 0.4) is 0 Å². The molecule has 0 saturated carbocycles. The molecule has 0 saturated heterocycles. The standard InChI is InChI=1S/C20H21N7O2/c1-3-26-11-14(9-21-26)12-27-13-16(10-22-27)23-20(28)19-8-18(24-25-19)15-5-4-6-17(7-15)29-2/h4-11,13H,3,12H2,1-2H3,(H,23,28)(H,24,25). The van der Waals surface area contributed by atoms with E-state index in [4.69, 9.17) is 4.74 Å². The fourth-order valence-electron chi connectivity index (χ4n) is 2.93. The van der Waals surface area contributed by atoms with Gasteiger partial charge in [-0.1, -0.05) is 12.1 Å². The van der Waals surface area contributed by atoms with Crippen LogP contribution in [0.2, 0.25) is 0 Å². The number of ether oxygens (including phenoxy) is 1. The smallest absolute Gasteiger partial charge is 0.273 e. The van der Waals surface area contributed by atoms with E-state index in [1.807, 2.05) is 48.3 Å². The zero-order chi connectivity index (χ0) is 20.2. The van der Waals surface area contributed by atoms with E-state index < -0.39 is 0 Å². The number of methoxy groups -OCH3 is 1. The van der Waals surface area contributed by atoms with E-state index in [-0.39, 0.29) is 5.91 Å². The second-order valence-corrected chi connectivity index (χ2v) is 6.48. The lowest BCUT2D eigenvalue weighted by Gasteiger charge is -2.01. The molecule has 0 atom stereocenters. The summed E-state index contributed by atoms with van der Waals surface area (Å²) < 4.78 is 8.84. The highest BCUT2D eigenvalue weighted by atomic mass is 16.5. The number of rotatable bonds is 7. The maximum absolute atomic E-state index is 12.5. The molecular formula is C20H21N7O2. The molecule has 0 bridgehead atoms. The Hall–Kier alpha value is -3.88. The predicted molar refractivity (Wildman–Crippen MR) is 108 cm³/mol. The van der Waals surface area contributed by atoms with Crippen molar-refractivity contribution >= 4 is 11.6 Å². The summed E-state index contributed by atoms with van der Waals surface area (Å²) in [6.45, 7) is 3.44. The molecule has 9 nitrogen and oxygen atoms in total. The molecular weight excluding hydrogens is 370 g/mol. The van der Waals surface area contributed by atoms with Gasteiger partial charge in [0.1, 0.15) is 11.4 Å². The fraction of sp³-hybridized carbons (Fsp3) is 0.200. The first-order valence-corrected chi connectivity index (χ1v) is 9.19. The van der Waals surface area contributed by atoms with Crippen LogP contribution in [0.15, 0.2) is 55.1 Å². The van der Waals surface area contributed by atoms with Gasteiger partial charge in [-0.05, 0) is 25.1 Å². The highest BCUT2D eigenvalue weighted by Gasteiger charge is 2.13. The summed E-state index contributed by atoms with van der Waals surface area (Å²) in [7, 11) is 1.61. The van der Waals surface area contributed by atoms with Gasteiger partial charge in [-0.25, -0.2) is 0 Å². The normalized spacial score (nSPS) is 10.8. The molecule has 0 radical (unpaired) electrons. The number of nitrogens with one attached hydrogen (secondary N) is 2. The maximum atomic E-state index is 12.5. The molecule has 9 heteroatoms. The van der Waals surface area contributed by atoms with Crippen molar-refractivity contribution in [1.82, 2.24) is 29.8 Å². The summed E-state index contributed by atoms with van der Waals surface area (Å²) in [6.07, 6.45) is 7.18. The third-order valence-corrected chi connectivity index (χ3v) is 4.43. The Labute approximate surface area is 167 Å². The molecule has 0 aliphatic heterocycles. The Morgan fingerprint density at radius 2 is 2.03 bits per heavy atom. The van der Waals surface area contributed by atoms with Crippen LogP contribution >= 0.6 is 0 Å². The summed E-state index contributed by atoms with van der Waals surface area (Å²) in [5.41, 5.74) is 3.54. The van der Waals surface area contributed by atoms with Crippen molar-refractivity contribution in [3.63, 3.8) is 0 Å². The number of amides is 1. The molecule has 1 amide bonds. The van der Waals surface area contributed by atoms with Crippen molar-refractivity contribution in [3.05, 3.63) is 66.4 Å². The summed E-state index contributed by atoms with van der Waals surface area (Å²) >= 11 is 0. The summed E-state index contributed by atoms with van der Waals surface area (Å²) in [6, 6.07) is 9.21. The van der Waals surface area contributed by atoms with Crippen molar-refractivity contribution in [2.24, 2.45) is 0 Å². The Bertz CT molecular complexity index is 1130. The molecule has 4 rings (SSSR count). The SMILES string of the molecule is CCn1cc(Cn2cc(NC(=O)c3cc(-c4cccc(OC)c4)n[nH]3)cn2)cn1. The first kappa shape index (κ1) is 18.5. The first-order valence-electron chi connectivity index (χ1n) is 9.19. The molecule has 2 N–H and O–H groups in total. The number of carbonyl (C=O) groups excluding carboxylic acids is 1. The van der Waals surface area contributed by atoms with Crippen LogP contribution in [0.25, 0.3) is 11.3 Å². The summed E-state index contributed by atoms with van der Waals surface area (Å²) in [5, 5.41) is 18.4. The van der Waals surface area contributed by atoms with Gasteiger partial charge in [-0.2, -0.15) is 15.3 Å². The number of aryl methyl sites for hydroxylation is 1. The minimum absolute atomic E-state index is 0.287. The molecule has 1 aromatic carbocycles. The van der Waals surface area contributed by atoms with Gasteiger partial charge in [-0.15, -0.1) is 0 Å². The first-order chi connectivity index (χ1) is 14.1. The van der Waals surface area contributed by atoms with Crippen molar-refractivity contribution in [2.45, 2.75) is 20.0 Å². The summed E-state index contributed by atoms with van der Waals surface area (Å²) in [4.78, 5) is 12.5. The molecule has 0 spiro atoms. The average molecular weight is 391 g/mol. The van der Waals surface area contributed by atoms with E-state index in [0.29, 0.717) is 23.6 Å². The van der Waals surface area contributed by atoms with Crippen LogP contribution in [0.5, 0.6) is 5.75 Å². The van der Waals surface area contributed by atoms with Crippen LogP contribution in [-0.2, 0) is 13.1 Å². The zero-order valence-electron chi connectivity index (χ0n) is 16.2. The van der Waals surface area contributed by atoms with E-state index in [0.717, 1.165) is 23.4 Å². The van der Waals surface area contributed by atoms with Crippen molar-refractivity contribution in [2.75, 3.05) is 12.4 Å². The third kappa shape index (κ3) is 4.18. The number of H-pyrrole nitrogens is 1. The van der Waals surface area contributed by atoms with E-state index in [1.54, 1.807) is 30.3 Å². The number of carbonyl (C=O) groups is 1. The lowest BCUT2D eigenvalue weighted by molar-refractivity contribution is 0.102. The highest BCUT2D eigenvalue weighted by Crippen LogP contribution is 2.22. The molecule has 0 aliphatic carbocycles. The van der Waals surface area contributed by atoms with Crippen molar-refractivity contribution in [3.8, 4) is 17.0 Å². The number of aromatic amines is 1. The average Bonchev–Trinajstić information content (AvgIpc) is 3.49. The highest BCUT2D eigenvalue weighted by molar-refractivity contribution is 6.03. The predicted octanol–water partition coefficient (Wildman–Crippen LogP) is 2.80. The molecule has 0 unspecified atom stereocenters. The Balaban J connectivity index is 1.42. The molecule has 0 aliphatic rings. The number of nitrogens with zero attached hydrogens (tertiary/aromatic N) is 5. The monoisotopic (exact) mass is 391 g/mol. The Morgan fingerprint density at radius 3 is 2.83 bits per heavy atom. The van der Waals surface area contributed by atoms with Crippen LogP contribution in [0.1, 0.15) is 23.0 Å². The minimum Gasteiger partial charge on any atom is -0.497 e. The van der Waals surface area contributed by atoms with E-state index in [2.05, 4.69) is 25.7 Å². The van der Waals surface area contributed by atoms with E-state index >= 15 is 0 Å². The largest absolute Gasteiger partial charge is 0.497 e. The van der Waals surface area contributed by atoms with E-state index in [9.17, 15) is 4.79 Å². The van der Waals surface area contributed by atoms with Crippen LogP contribution in [-0.4, -0.2) is 42.8 Å². The molecule has 29 heavy (non-hydrogen) atoms.